The van der Waals surface area contributed by atoms with Crippen molar-refractivity contribution >= 4 is 42.7 Å². The lowest BCUT2D eigenvalue weighted by molar-refractivity contribution is -0.0234. The van der Waals surface area contributed by atoms with Gasteiger partial charge in [0.15, 0.2) is 0 Å². The van der Waals surface area contributed by atoms with Crippen LogP contribution in [0.15, 0.2) is 76.4 Å². The number of hydrogen-bond donors (Lipinski definition) is 0. The number of benzene rings is 4. The lowest BCUT2D eigenvalue weighted by Gasteiger charge is -2.39. The van der Waals surface area contributed by atoms with E-state index in [4.69, 9.17) is 13.7 Å². The molecule has 8 heteroatoms. The van der Waals surface area contributed by atoms with E-state index in [2.05, 4.69) is 0 Å². The molecule has 4 aromatic carbocycles. The second-order valence-corrected chi connectivity index (χ2v) is 12.2. The highest BCUT2D eigenvalue weighted by atomic mass is 32.2. The quantitative estimate of drug-likeness (QED) is 0.215. The van der Waals surface area contributed by atoms with Crippen molar-refractivity contribution in [1.29, 1.82) is 0 Å². The summed E-state index contributed by atoms with van der Waals surface area (Å²) in [5.41, 5.74) is 1.91. The van der Waals surface area contributed by atoms with Crippen LogP contribution in [-0.4, -0.2) is 31.8 Å². The summed E-state index contributed by atoms with van der Waals surface area (Å²) in [6.07, 6.45) is -0.615. The molecule has 5 aromatic rings. The zero-order valence-corrected chi connectivity index (χ0v) is 23.3. The molecule has 0 aliphatic carbocycles. The molecule has 1 aliphatic rings. The molecule has 0 saturated heterocycles. The lowest BCUT2D eigenvalue weighted by atomic mass is 9.89. The molecule has 1 unspecified atom stereocenters. The summed E-state index contributed by atoms with van der Waals surface area (Å²) in [7, 11) is -0.640. The Balaban J connectivity index is 1.57. The standard InChI is InChI=1S/C31H29NO6S/c1-18-10-12-21(13-11-18)39(34,35)38-27-16-23-25(37-31(27,2)3)17-26(36-5)28-29(23)32(4)24-15-20-9-7-6-8-19(20)14-22(24)30(28)33/h6-15,17,27H,16H2,1-5H3. The van der Waals surface area contributed by atoms with Crippen LogP contribution in [0, 0.1) is 6.92 Å². The monoisotopic (exact) mass is 543 g/mol. The maximum Gasteiger partial charge on any atom is 0.297 e. The first-order valence-electron chi connectivity index (χ1n) is 12.7. The Hall–Kier alpha value is -3.88. The number of pyridine rings is 1. The van der Waals surface area contributed by atoms with Crippen molar-refractivity contribution in [2.24, 2.45) is 7.05 Å². The molecule has 0 saturated carbocycles. The molecule has 0 amide bonds. The third-order valence-electron chi connectivity index (χ3n) is 7.67. The van der Waals surface area contributed by atoms with Crippen LogP contribution in [0.5, 0.6) is 11.5 Å². The molecule has 0 fully saturated rings. The molecule has 0 radical (unpaired) electrons. The Kier molecular flexibility index (Phi) is 5.75. The third-order valence-corrected chi connectivity index (χ3v) is 9.01. The molecule has 1 aliphatic heterocycles. The fraction of sp³-hybridized carbons (Fsp3) is 0.258. The van der Waals surface area contributed by atoms with Gasteiger partial charge in [0.2, 0.25) is 5.43 Å². The minimum atomic E-state index is -4.07. The van der Waals surface area contributed by atoms with E-state index in [0.717, 1.165) is 21.9 Å². The van der Waals surface area contributed by atoms with Gasteiger partial charge in [-0.3, -0.25) is 8.98 Å². The highest BCUT2D eigenvalue weighted by Gasteiger charge is 2.42. The number of rotatable bonds is 4. The molecule has 0 bridgehead atoms. The van der Waals surface area contributed by atoms with Crippen molar-refractivity contribution in [3.05, 3.63) is 88.1 Å². The summed E-state index contributed by atoms with van der Waals surface area (Å²) in [6, 6.07) is 20.1. The lowest BCUT2D eigenvalue weighted by Crippen LogP contribution is -2.49. The van der Waals surface area contributed by atoms with Gasteiger partial charge in [-0.25, -0.2) is 0 Å². The largest absolute Gasteiger partial charge is 0.496 e. The minimum absolute atomic E-state index is 0.0829. The summed E-state index contributed by atoms with van der Waals surface area (Å²) < 4.78 is 46.3. The van der Waals surface area contributed by atoms with Crippen molar-refractivity contribution < 1.29 is 22.1 Å². The van der Waals surface area contributed by atoms with Crippen LogP contribution in [0.2, 0.25) is 0 Å². The second-order valence-electron chi connectivity index (χ2n) is 10.6. The molecule has 0 N–H and O–H groups in total. The first-order valence-corrected chi connectivity index (χ1v) is 14.1. The average molecular weight is 544 g/mol. The van der Waals surface area contributed by atoms with Crippen LogP contribution in [0.1, 0.15) is 25.0 Å². The molecule has 39 heavy (non-hydrogen) atoms. The van der Waals surface area contributed by atoms with Crippen LogP contribution < -0.4 is 14.9 Å². The van der Waals surface area contributed by atoms with Crippen molar-refractivity contribution in [1.82, 2.24) is 4.57 Å². The van der Waals surface area contributed by atoms with E-state index in [-0.39, 0.29) is 16.7 Å². The number of methoxy groups -OCH3 is 1. The number of aryl methyl sites for hydroxylation is 2. The van der Waals surface area contributed by atoms with Crippen molar-refractivity contribution in [2.75, 3.05) is 7.11 Å². The Morgan fingerprint density at radius 1 is 1.00 bits per heavy atom. The summed E-state index contributed by atoms with van der Waals surface area (Å²) in [4.78, 5) is 14.0. The highest BCUT2D eigenvalue weighted by Crippen LogP contribution is 2.43. The summed E-state index contributed by atoms with van der Waals surface area (Å²) >= 11 is 0. The third kappa shape index (κ3) is 4.06. The maximum atomic E-state index is 13.9. The van der Waals surface area contributed by atoms with E-state index in [9.17, 15) is 13.2 Å². The van der Waals surface area contributed by atoms with Crippen LogP contribution in [0.3, 0.4) is 0 Å². The Morgan fingerprint density at radius 2 is 1.67 bits per heavy atom. The smallest absolute Gasteiger partial charge is 0.297 e. The normalized spacial score (nSPS) is 16.8. The summed E-state index contributed by atoms with van der Waals surface area (Å²) in [5.74, 6) is 0.939. The van der Waals surface area contributed by atoms with E-state index in [1.54, 1.807) is 32.0 Å². The van der Waals surface area contributed by atoms with E-state index >= 15 is 0 Å². The molecular weight excluding hydrogens is 514 g/mol. The molecule has 1 aromatic heterocycles. The van der Waals surface area contributed by atoms with E-state index in [0.29, 0.717) is 33.4 Å². The van der Waals surface area contributed by atoms with Gasteiger partial charge in [-0.2, -0.15) is 8.42 Å². The number of aromatic nitrogens is 1. The molecule has 7 nitrogen and oxygen atoms in total. The van der Waals surface area contributed by atoms with E-state index in [1.807, 2.05) is 54.9 Å². The predicted octanol–water partition coefficient (Wildman–Crippen LogP) is 5.65. The minimum Gasteiger partial charge on any atom is -0.496 e. The number of fused-ring (bicyclic) bond motifs is 5. The first kappa shape index (κ1) is 25.4. The van der Waals surface area contributed by atoms with Gasteiger partial charge in [0.05, 0.1) is 28.4 Å². The Labute approximate surface area is 226 Å². The number of hydrogen-bond acceptors (Lipinski definition) is 6. The van der Waals surface area contributed by atoms with Crippen molar-refractivity contribution in [3.8, 4) is 11.5 Å². The van der Waals surface area contributed by atoms with Gasteiger partial charge in [0.25, 0.3) is 10.1 Å². The summed E-state index contributed by atoms with van der Waals surface area (Å²) in [6.45, 7) is 5.49. The van der Waals surface area contributed by atoms with Gasteiger partial charge in [0, 0.05) is 30.5 Å². The van der Waals surface area contributed by atoms with Crippen molar-refractivity contribution in [2.45, 2.75) is 43.8 Å². The number of ether oxygens (including phenoxy) is 2. The summed E-state index contributed by atoms with van der Waals surface area (Å²) in [5, 5.41) is 2.98. The van der Waals surface area contributed by atoms with Crippen molar-refractivity contribution in [3.63, 3.8) is 0 Å². The molecule has 2 heterocycles. The van der Waals surface area contributed by atoms with Crippen LogP contribution in [0.25, 0.3) is 32.6 Å². The Bertz CT molecular complexity index is 1960. The van der Waals surface area contributed by atoms with Gasteiger partial charge in [-0.1, -0.05) is 42.0 Å². The maximum absolute atomic E-state index is 13.9. The topological polar surface area (TPSA) is 83.8 Å². The zero-order chi connectivity index (χ0) is 27.7. The zero-order valence-electron chi connectivity index (χ0n) is 22.4. The molecule has 0 spiro atoms. The fourth-order valence-corrected chi connectivity index (χ4v) is 6.67. The fourth-order valence-electron chi connectivity index (χ4n) is 5.49. The van der Waals surface area contributed by atoms with Gasteiger partial charge < -0.3 is 14.0 Å². The van der Waals surface area contributed by atoms with E-state index < -0.39 is 21.8 Å². The van der Waals surface area contributed by atoms with Gasteiger partial charge in [-0.05, 0) is 55.8 Å². The van der Waals surface area contributed by atoms with Crippen LogP contribution in [-0.2, 0) is 27.8 Å². The highest BCUT2D eigenvalue weighted by molar-refractivity contribution is 7.86. The Morgan fingerprint density at radius 3 is 2.33 bits per heavy atom. The SMILES string of the molecule is COc1cc2c(c3c1c(=O)c1cc4ccccc4cc1n3C)CC(OS(=O)(=O)c1ccc(C)cc1)C(C)(C)O2. The molecule has 6 rings (SSSR count). The number of nitrogens with zero attached hydrogens (tertiary/aromatic N) is 1. The molecule has 1 atom stereocenters. The second kappa shape index (κ2) is 8.83. The first-order chi connectivity index (χ1) is 18.5. The average Bonchev–Trinajstić information content (AvgIpc) is 2.90. The van der Waals surface area contributed by atoms with Gasteiger partial charge in [-0.15, -0.1) is 0 Å². The van der Waals surface area contributed by atoms with Crippen LogP contribution >= 0.6 is 0 Å². The predicted molar refractivity (Wildman–Crippen MR) is 152 cm³/mol. The van der Waals surface area contributed by atoms with Crippen LogP contribution in [0.4, 0.5) is 0 Å². The van der Waals surface area contributed by atoms with E-state index in [1.165, 1.54) is 19.2 Å². The van der Waals surface area contributed by atoms with Gasteiger partial charge >= 0.3 is 0 Å². The van der Waals surface area contributed by atoms with Gasteiger partial charge in [0.1, 0.15) is 23.2 Å². The molecular formula is C31H29NO6S. The molecule has 200 valence electrons.